The normalized spacial score (nSPS) is 28.5. The Labute approximate surface area is 206 Å². The number of carbonyl (C=O) groups excluding carboxylic acids is 1. The Kier molecular flexibility index (Phi) is 6.40. The van der Waals surface area contributed by atoms with Gasteiger partial charge in [0, 0.05) is 43.6 Å². The molecule has 1 aliphatic carbocycles. The number of piperazine rings is 1. The summed E-state index contributed by atoms with van der Waals surface area (Å²) in [7, 11) is 2.14. The van der Waals surface area contributed by atoms with Crippen LogP contribution < -0.4 is 10.2 Å². The van der Waals surface area contributed by atoms with E-state index in [1.807, 2.05) is 18.2 Å². The molecule has 2 fully saturated rings. The van der Waals surface area contributed by atoms with Gasteiger partial charge in [-0.05, 0) is 51.9 Å². The van der Waals surface area contributed by atoms with Gasteiger partial charge in [0.1, 0.15) is 5.37 Å². The van der Waals surface area contributed by atoms with E-state index in [1.165, 1.54) is 32.1 Å². The predicted molar refractivity (Wildman–Crippen MR) is 139 cm³/mol. The van der Waals surface area contributed by atoms with Gasteiger partial charge in [-0.15, -0.1) is 0 Å². The van der Waals surface area contributed by atoms with E-state index >= 15 is 0 Å². The lowest BCUT2D eigenvalue weighted by Gasteiger charge is -2.36. The molecule has 0 radical (unpaired) electrons. The van der Waals surface area contributed by atoms with E-state index in [0.29, 0.717) is 11.1 Å². The Bertz CT molecular complexity index is 983. The molecule has 1 unspecified atom stereocenters. The Balaban J connectivity index is 1.27. The first kappa shape index (κ1) is 23.1. The third kappa shape index (κ3) is 4.40. The molecule has 1 amide bonds. The summed E-state index contributed by atoms with van der Waals surface area (Å²) in [5.41, 5.74) is 2.68. The summed E-state index contributed by atoms with van der Waals surface area (Å²) >= 11 is 8.28. The number of hydrogen-bond acceptors (Lipinski definition) is 6. The third-order valence-electron chi connectivity index (χ3n) is 7.69. The summed E-state index contributed by atoms with van der Waals surface area (Å²) in [6.07, 6.45) is 8.39. The number of hydrogen-bond donors (Lipinski definition) is 1. The molecular weight excluding hydrogens is 454 g/mol. The van der Waals surface area contributed by atoms with Gasteiger partial charge in [0.15, 0.2) is 0 Å². The van der Waals surface area contributed by atoms with Crippen LogP contribution in [0.3, 0.4) is 0 Å². The van der Waals surface area contributed by atoms with Gasteiger partial charge in [-0.1, -0.05) is 48.7 Å². The molecule has 1 N–H and O–H groups in total. The minimum absolute atomic E-state index is 0.0598. The minimum atomic E-state index is -0.197. The fraction of sp³-hybridized carbons (Fsp3) is 0.600. The van der Waals surface area contributed by atoms with Crippen LogP contribution in [-0.4, -0.2) is 66.2 Å². The van der Waals surface area contributed by atoms with Crippen molar-refractivity contribution in [1.29, 1.82) is 0 Å². The number of nitrogens with one attached hydrogen (secondary N) is 1. The molecular formula is C25H34ClN5OS. The van der Waals surface area contributed by atoms with Crippen molar-refractivity contribution >= 4 is 46.4 Å². The molecule has 1 aromatic carbocycles. The highest BCUT2D eigenvalue weighted by Crippen LogP contribution is 2.52. The van der Waals surface area contributed by atoms with Gasteiger partial charge in [-0.2, -0.15) is 5.10 Å². The highest BCUT2D eigenvalue weighted by Gasteiger charge is 2.52. The second-order valence-electron chi connectivity index (χ2n) is 10.0. The Morgan fingerprint density at radius 3 is 2.61 bits per heavy atom. The lowest BCUT2D eigenvalue weighted by Crippen LogP contribution is -2.44. The maximum absolute atomic E-state index is 13.2. The lowest BCUT2D eigenvalue weighted by molar-refractivity contribution is -0.112. The van der Waals surface area contributed by atoms with Crippen LogP contribution in [0.15, 0.2) is 34.3 Å². The zero-order chi connectivity index (χ0) is 23.2. The van der Waals surface area contributed by atoms with Crippen molar-refractivity contribution in [2.45, 2.75) is 57.4 Å². The Hall–Kier alpha value is -1.70. The Morgan fingerprint density at radius 1 is 1.18 bits per heavy atom. The van der Waals surface area contributed by atoms with Crippen molar-refractivity contribution in [1.82, 2.24) is 9.91 Å². The predicted octanol–water partition coefficient (Wildman–Crippen LogP) is 5.02. The average Bonchev–Trinajstić information content (AvgIpc) is 3.28. The minimum Gasteiger partial charge on any atom is -0.368 e. The molecule has 5 rings (SSSR count). The van der Waals surface area contributed by atoms with Gasteiger partial charge in [0.25, 0.3) is 5.91 Å². The second kappa shape index (κ2) is 9.16. The Morgan fingerprint density at radius 2 is 1.91 bits per heavy atom. The number of benzene rings is 1. The SMILES string of the molecule is CC1=NN(C2CCCCC2)C2SC(C(=O)Nc3ccc(N4CCN(C)CC4)c(Cl)c3)=C[C@@]12C. The first-order valence-electron chi connectivity index (χ1n) is 12.1. The number of likely N-dealkylation sites (N-methyl/N-ethyl adjacent to an activating group) is 1. The molecule has 0 bridgehead atoms. The molecule has 4 aliphatic rings. The van der Waals surface area contributed by atoms with Crippen molar-refractivity contribution in [3.05, 3.63) is 34.2 Å². The van der Waals surface area contributed by atoms with Gasteiger partial charge in [-0.3, -0.25) is 9.80 Å². The van der Waals surface area contributed by atoms with Crippen molar-refractivity contribution in [3.8, 4) is 0 Å². The molecule has 178 valence electrons. The van der Waals surface area contributed by atoms with Gasteiger partial charge in [0.05, 0.1) is 21.0 Å². The van der Waals surface area contributed by atoms with Gasteiger partial charge in [0.2, 0.25) is 0 Å². The number of hydrazone groups is 1. The van der Waals surface area contributed by atoms with E-state index in [-0.39, 0.29) is 16.7 Å². The van der Waals surface area contributed by atoms with E-state index in [0.717, 1.165) is 48.2 Å². The average molecular weight is 488 g/mol. The monoisotopic (exact) mass is 487 g/mol. The highest BCUT2D eigenvalue weighted by molar-refractivity contribution is 8.04. The second-order valence-corrected chi connectivity index (χ2v) is 11.6. The van der Waals surface area contributed by atoms with Crippen LogP contribution in [-0.2, 0) is 4.79 Å². The summed E-state index contributed by atoms with van der Waals surface area (Å²) in [5, 5.41) is 11.2. The van der Waals surface area contributed by atoms with Crippen LogP contribution in [0.1, 0.15) is 46.0 Å². The van der Waals surface area contributed by atoms with Crippen molar-refractivity contribution in [3.63, 3.8) is 0 Å². The molecule has 1 saturated carbocycles. The van der Waals surface area contributed by atoms with Crippen LogP contribution in [0.5, 0.6) is 0 Å². The van der Waals surface area contributed by atoms with Gasteiger partial charge < -0.3 is 15.1 Å². The summed E-state index contributed by atoms with van der Waals surface area (Å²) < 4.78 is 0. The zero-order valence-corrected chi connectivity index (χ0v) is 21.4. The van der Waals surface area contributed by atoms with E-state index in [2.05, 4.69) is 47.1 Å². The molecule has 1 saturated heterocycles. The number of fused-ring (bicyclic) bond motifs is 1. The van der Waals surface area contributed by atoms with E-state index in [4.69, 9.17) is 16.7 Å². The quantitative estimate of drug-likeness (QED) is 0.646. The number of thioether (sulfide) groups is 1. The lowest BCUT2D eigenvalue weighted by atomic mass is 9.85. The number of carbonyl (C=O) groups is 1. The zero-order valence-electron chi connectivity index (χ0n) is 19.8. The van der Waals surface area contributed by atoms with Crippen molar-refractivity contribution in [2.75, 3.05) is 43.4 Å². The summed E-state index contributed by atoms with van der Waals surface area (Å²) in [5.74, 6) is -0.0598. The van der Waals surface area contributed by atoms with Crippen LogP contribution in [0.4, 0.5) is 11.4 Å². The van der Waals surface area contributed by atoms with Gasteiger partial charge >= 0.3 is 0 Å². The summed E-state index contributed by atoms with van der Waals surface area (Å²) in [6.45, 7) is 8.30. The molecule has 3 heterocycles. The largest absolute Gasteiger partial charge is 0.368 e. The van der Waals surface area contributed by atoms with Crippen LogP contribution in [0, 0.1) is 5.41 Å². The van der Waals surface area contributed by atoms with Crippen molar-refractivity contribution in [2.24, 2.45) is 10.5 Å². The third-order valence-corrected chi connectivity index (χ3v) is 9.48. The first-order chi connectivity index (χ1) is 15.8. The number of rotatable bonds is 4. The molecule has 0 spiro atoms. The summed E-state index contributed by atoms with van der Waals surface area (Å²) in [6, 6.07) is 6.35. The topological polar surface area (TPSA) is 51.2 Å². The first-order valence-corrected chi connectivity index (χ1v) is 13.4. The maximum atomic E-state index is 13.2. The van der Waals surface area contributed by atoms with E-state index in [9.17, 15) is 4.79 Å². The number of amides is 1. The fourth-order valence-electron chi connectivity index (χ4n) is 5.38. The number of nitrogens with zero attached hydrogens (tertiary/aromatic N) is 4. The van der Waals surface area contributed by atoms with E-state index < -0.39 is 0 Å². The highest BCUT2D eigenvalue weighted by atomic mass is 35.5. The molecule has 8 heteroatoms. The van der Waals surface area contributed by atoms with Crippen LogP contribution in [0.2, 0.25) is 5.02 Å². The van der Waals surface area contributed by atoms with Crippen LogP contribution >= 0.6 is 23.4 Å². The summed E-state index contributed by atoms with van der Waals surface area (Å²) in [4.78, 5) is 18.6. The maximum Gasteiger partial charge on any atom is 0.261 e. The molecule has 33 heavy (non-hydrogen) atoms. The molecule has 1 aromatic rings. The molecule has 6 nitrogen and oxygen atoms in total. The van der Waals surface area contributed by atoms with Crippen molar-refractivity contribution < 1.29 is 4.79 Å². The fourth-order valence-corrected chi connectivity index (χ4v) is 7.21. The number of anilines is 2. The van der Waals surface area contributed by atoms with Gasteiger partial charge in [-0.25, -0.2) is 0 Å². The molecule has 3 aliphatic heterocycles. The smallest absolute Gasteiger partial charge is 0.261 e. The van der Waals surface area contributed by atoms with Crippen LogP contribution in [0.25, 0.3) is 0 Å². The van der Waals surface area contributed by atoms with E-state index in [1.54, 1.807) is 11.8 Å². The molecule has 2 atom stereocenters. The number of halogens is 1. The molecule has 0 aromatic heterocycles. The standard InChI is InChI=1S/C25H34ClN5OS/c1-17-25(2)16-22(33-24(25)31(28-17)19-7-5-4-6-8-19)23(32)27-18-9-10-21(20(26)15-18)30-13-11-29(3)12-14-30/h9-10,15-16,19,24H,4-8,11-14H2,1-3H3,(H,27,32)/t24?,25-/m0/s1.